The second kappa shape index (κ2) is 14.0. The molecule has 2 heterocycles. The summed E-state index contributed by atoms with van der Waals surface area (Å²) in [4.78, 5) is 2.51. The monoisotopic (exact) mass is 838 g/mol. The first-order valence-electron chi connectivity index (χ1n) is 23.0. The van der Waals surface area contributed by atoms with Crippen molar-refractivity contribution >= 4 is 76.7 Å². The Bertz CT molecular complexity index is 4030. The summed E-state index contributed by atoms with van der Waals surface area (Å²) in [6.45, 7) is 2.20. The van der Waals surface area contributed by atoms with E-state index in [2.05, 4.69) is 253 Å². The molecule has 0 fully saturated rings. The summed E-state index contributed by atoms with van der Waals surface area (Å²) < 4.78 is 2.55. The molecule has 0 bridgehead atoms. The SMILES string of the molecule is Cc1cccc(N(c2cccc(-c3cccc4c5ccc6cccc7c8ccccc8n(c34)c5c67)c2)c2cccc3c2-c2cc4ccccc4cc2C3(c2ccccc2)c2ccccc2)c1. The molecule has 13 aromatic rings. The third kappa shape index (κ3) is 5.07. The van der Waals surface area contributed by atoms with Gasteiger partial charge in [0.05, 0.1) is 27.7 Å². The molecule has 0 amide bonds. The number of anilines is 3. The van der Waals surface area contributed by atoms with Gasteiger partial charge in [-0.15, -0.1) is 0 Å². The zero-order chi connectivity index (χ0) is 43.5. The maximum Gasteiger partial charge on any atom is 0.0714 e. The van der Waals surface area contributed by atoms with Gasteiger partial charge in [-0.25, -0.2) is 0 Å². The molecule has 11 aromatic carbocycles. The van der Waals surface area contributed by atoms with E-state index in [1.165, 1.54) is 110 Å². The van der Waals surface area contributed by atoms with E-state index in [1.54, 1.807) is 0 Å². The Kier molecular flexibility index (Phi) is 7.85. The van der Waals surface area contributed by atoms with Gasteiger partial charge in [0.15, 0.2) is 0 Å². The summed E-state index contributed by atoms with van der Waals surface area (Å²) >= 11 is 0. The topological polar surface area (TPSA) is 7.65 Å². The molecule has 0 saturated carbocycles. The van der Waals surface area contributed by atoms with Crippen LogP contribution in [0.15, 0.2) is 237 Å². The molecule has 2 aromatic heterocycles. The van der Waals surface area contributed by atoms with Crippen LogP contribution in [-0.4, -0.2) is 4.40 Å². The molecule has 0 spiro atoms. The van der Waals surface area contributed by atoms with E-state index >= 15 is 0 Å². The van der Waals surface area contributed by atoms with Crippen LogP contribution < -0.4 is 4.90 Å². The highest BCUT2D eigenvalue weighted by Crippen LogP contribution is 2.60. The van der Waals surface area contributed by atoms with Crippen LogP contribution in [0.1, 0.15) is 27.8 Å². The number of fused-ring (bicyclic) bond motifs is 10. The lowest BCUT2D eigenvalue weighted by atomic mass is 9.67. The number of aryl methyl sites for hydroxylation is 1. The van der Waals surface area contributed by atoms with Gasteiger partial charge in [0.25, 0.3) is 0 Å². The highest BCUT2D eigenvalue weighted by molar-refractivity contribution is 6.29. The second-order valence-electron chi connectivity index (χ2n) is 18.1. The van der Waals surface area contributed by atoms with Gasteiger partial charge in [0.1, 0.15) is 0 Å². The Labute approximate surface area is 383 Å². The van der Waals surface area contributed by atoms with Gasteiger partial charge in [0.2, 0.25) is 0 Å². The summed E-state index contributed by atoms with van der Waals surface area (Å²) in [5.74, 6) is 0. The van der Waals surface area contributed by atoms with Crippen LogP contribution in [0.3, 0.4) is 0 Å². The number of pyridine rings is 1. The van der Waals surface area contributed by atoms with Crippen LogP contribution in [0.2, 0.25) is 0 Å². The zero-order valence-electron chi connectivity index (χ0n) is 36.4. The molecule has 0 aliphatic heterocycles. The first kappa shape index (κ1) is 37.0. The quantitative estimate of drug-likeness (QED) is 0.120. The number of rotatable bonds is 6. The van der Waals surface area contributed by atoms with Crippen molar-refractivity contribution in [3.8, 4) is 22.3 Å². The highest BCUT2D eigenvalue weighted by atomic mass is 15.1. The summed E-state index contributed by atoms with van der Waals surface area (Å²) in [5, 5.41) is 10.2. The summed E-state index contributed by atoms with van der Waals surface area (Å²) in [7, 11) is 0. The van der Waals surface area contributed by atoms with Gasteiger partial charge in [-0.2, -0.15) is 0 Å². The Morgan fingerprint density at radius 3 is 1.82 bits per heavy atom. The number of nitrogens with zero attached hydrogens (tertiary/aromatic N) is 2. The molecule has 2 nitrogen and oxygen atoms in total. The predicted molar refractivity (Wildman–Crippen MR) is 278 cm³/mol. The number of aromatic nitrogens is 1. The molecule has 0 N–H and O–H groups in total. The first-order chi connectivity index (χ1) is 32.7. The van der Waals surface area contributed by atoms with Crippen LogP contribution in [-0.2, 0) is 5.41 Å². The van der Waals surface area contributed by atoms with Crippen molar-refractivity contribution < 1.29 is 0 Å². The van der Waals surface area contributed by atoms with Crippen LogP contribution in [0.4, 0.5) is 17.1 Å². The molecule has 0 saturated heterocycles. The summed E-state index contributed by atoms with van der Waals surface area (Å²) in [6, 6.07) is 88.4. The second-order valence-corrected chi connectivity index (χ2v) is 18.1. The van der Waals surface area contributed by atoms with Gasteiger partial charge < -0.3 is 9.30 Å². The normalized spacial score (nSPS) is 13.0. The molecule has 1 aliphatic rings. The standard InChI is InChI=1S/C64H42N2/c1-41-17-12-26-48(37-41)65(59-34-16-32-56-61(59)55-39-43-18-8-9-19-44(43)40-57(55)64(56,46-22-4-2-5-23-46)47-24-6-3-7-25-47)49-27-13-21-45(38-49)50-29-15-31-53-54-36-35-42-20-14-30-52-51-28-10-11-33-58(51)66(62(50)53)63(54)60(42)52/h2-40H,1H3. The van der Waals surface area contributed by atoms with E-state index in [0.29, 0.717) is 0 Å². The third-order valence-corrected chi connectivity index (χ3v) is 14.6. The van der Waals surface area contributed by atoms with Crippen molar-refractivity contribution in [1.29, 1.82) is 0 Å². The maximum atomic E-state index is 2.55. The predicted octanol–water partition coefficient (Wildman–Crippen LogP) is 17.0. The van der Waals surface area contributed by atoms with E-state index in [9.17, 15) is 0 Å². The van der Waals surface area contributed by atoms with E-state index in [0.717, 1.165) is 17.1 Å². The van der Waals surface area contributed by atoms with Crippen LogP contribution in [0, 0.1) is 6.92 Å². The number of hydrogen-bond acceptors (Lipinski definition) is 1. The van der Waals surface area contributed by atoms with Gasteiger partial charge >= 0.3 is 0 Å². The van der Waals surface area contributed by atoms with Gasteiger partial charge in [0, 0.05) is 44.0 Å². The minimum Gasteiger partial charge on any atom is -0.310 e. The minimum absolute atomic E-state index is 0.554. The fourth-order valence-electron chi connectivity index (χ4n) is 11.9. The van der Waals surface area contributed by atoms with Gasteiger partial charge in [-0.05, 0) is 116 Å². The lowest BCUT2D eigenvalue weighted by Crippen LogP contribution is -2.28. The smallest absolute Gasteiger partial charge is 0.0714 e. The Morgan fingerprint density at radius 2 is 1.02 bits per heavy atom. The minimum atomic E-state index is -0.554. The Balaban J connectivity index is 1.06. The van der Waals surface area contributed by atoms with Crippen molar-refractivity contribution in [3.05, 3.63) is 264 Å². The number of hydrogen-bond donors (Lipinski definition) is 0. The molecule has 66 heavy (non-hydrogen) atoms. The van der Waals surface area contributed by atoms with Crippen molar-refractivity contribution in [2.75, 3.05) is 4.90 Å². The third-order valence-electron chi connectivity index (χ3n) is 14.6. The molecule has 0 radical (unpaired) electrons. The van der Waals surface area contributed by atoms with E-state index in [4.69, 9.17) is 0 Å². The van der Waals surface area contributed by atoms with Crippen molar-refractivity contribution in [2.45, 2.75) is 12.3 Å². The number of benzene rings is 11. The molecule has 2 heteroatoms. The average molecular weight is 839 g/mol. The van der Waals surface area contributed by atoms with Crippen LogP contribution in [0.5, 0.6) is 0 Å². The largest absolute Gasteiger partial charge is 0.310 e. The van der Waals surface area contributed by atoms with E-state index in [-0.39, 0.29) is 0 Å². The summed E-state index contributed by atoms with van der Waals surface area (Å²) in [5.41, 5.74) is 17.8. The maximum absolute atomic E-state index is 2.55. The molecule has 308 valence electrons. The lowest BCUT2D eigenvalue weighted by Gasteiger charge is -2.34. The van der Waals surface area contributed by atoms with E-state index in [1.807, 2.05) is 0 Å². The molecule has 0 unspecified atom stereocenters. The lowest BCUT2D eigenvalue weighted by molar-refractivity contribution is 0.769. The molecule has 0 atom stereocenters. The fourth-order valence-corrected chi connectivity index (χ4v) is 11.9. The fraction of sp³-hybridized carbons (Fsp3) is 0.0312. The van der Waals surface area contributed by atoms with Crippen molar-refractivity contribution in [1.82, 2.24) is 4.40 Å². The Hall–Kier alpha value is -8.46. The van der Waals surface area contributed by atoms with Crippen molar-refractivity contribution in [3.63, 3.8) is 0 Å². The molecule has 14 rings (SSSR count). The van der Waals surface area contributed by atoms with Crippen LogP contribution in [0.25, 0.3) is 81.9 Å². The molecular weight excluding hydrogens is 797 g/mol. The van der Waals surface area contributed by atoms with Gasteiger partial charge in [-0.3, -0.25) is 0 Å². The Morgan fingerprint density at radius 1 is 0.394 bits per heavy atom. The average Bonchev–Trinajstić information content (AvgIpc) is 3.88. The van der Waals surface area contributed by atoms with Gasteiger partial charge in [-0.1, -0.05) is 188 Å². The van der Waals surface area contributed by atoms with Crippen molar-refractivity contribution in [2.24, 2.45) is 0 Å². The first-order valence-corrected chi connectivity index (χ1v) is 23.0. The van der Waals surface area contributed by atoms with E-state index < -0.39 is 5.41 Å². The molecule has 1 aliphatic carbocycles. The summed E-state index contributed by atoms with van der Waals surface area (Å²) in [6.07, 6.45) is 0. The highest BCUT2D eigenvalue weighted by Gasteiger charge is 2.47. The number of para-hydroxylation sites is 2. The molecular formula is C64H42N2. The zero-order valence-corrected chi connectivity index (χ0v) is 36.4. The van der Waals surface area contributed by atoms with Crippen LogP contribution >= 0.6 is 0 Å².